The number of hydrogen-bond acceptors (Lipinski definition) is 4. The third kappa shape index (κ3) is 5.01. The zero-order valence-corrected chi connectivity index (χ0v) is 14.3. The SMILES string of the molecule is Cl.O=C(NCCCNCc1cccnc1)c1cc2cccc(F)c2o1. The van der Waals surface area contributed by atoms with Crippen LogP contribution in [0.1, 0.15) is 22.5 Å². The average molecular weight is 364 g/mol. The minimum atomic E-state index is -0.467. The van der Waals surface area contributed by atoms with Gasteiger partial charge in [-0.25, -0.2) is 4.39 Å². The van der Waals surface area contributed by atoms with Crippen molar-refractivity contribution in [2.45, 2.75) is 13.0 Å². The summed E-state index contributed by atoms with van der Waals surface area (Å²) in [4.78, 5) is 16.1. The van der Waals surface area contributed by atoms with Crippen LogP contribution in [-0.4, -0.2) is 24.0 Å². The Balaban J connectivity index is 0.00000225. The molecule has 0 aliphatic rings. The molecule has 5 nitrogen and oxygen atoms in total. The van der Waals surface area contributed by atoms with Crippen molar-refractivity contribution < 1.29 is 13.6 Å². The molecule has 0 radical (unpaired) electrons. The number of nitrogens with one attached hydrogen (secondary N) is 2. The van der Waals surface area contributed by atoms with E-state index in [1.54, 1.807) is 24.4 Å². The Hall–Kier alpha value is -2.44. The van der Waals surface area contributed by atoms with Crippen LogP contribution < -0.4 is 10.6 Å². The summed E-state index contributed by atoms with van der Waals surface area (Å²) in [6.45, 7) is 2.02. The minimum Gasteiger partial charge on any atom is -0.448 e. The second-order valence-electron chi connectivity index (χ2n) is 5.42. The molecular weight excluding hydrogens is 345 g/mol. The number of rotatable bonds is 7. The Labute approximate surface area is 151 Å². The van der Waals surface area contributed by atoms with Crippen LogP contribution in [0.5, 0.6) is 0 Å². The molecule has 3 aromatic rings. The molecule has 2 heterocycles. The maximum atomic E-state index is 13.6. The molecule has 2 aromatic heterocycles. The molecule has 7 heteroatoms. The van der Waals surface area contributed by atoms with Gasteiger partial charge in [0.05, 0.1) is 0 Å². The number of halogens is 2. The number of hydrogen-bond donors (Lipinski definition) is 2. The average Bonchev–Trinajstić information content (AvgIpc) is 3.04. The van der Waals surface area contributed by atoms with Crippen molar-refractivity contribution in [1.29, 1.82) is 0 Å². The predicted molar refractivity (Wildman–Crippen MR) is 96.3 cm³/mol. The van der Waals surface area contributed by atoms with E-state index in [2.05, 4.69) is 15.6 Å². The van der Waals surface area contributed by atoms with Crippen molar-refractivity contribution in [3.8, 4) is 0 Å². The van der Waals surface area contributed by atoms with Crippen LogP contribution in [-0.2, 0) is 6.54 Å². The molecule has 0 spiro atoms. The van der Waals surface area contributed by atoms with Crippen molar-refractivity contribution in [2.24, 2.45) is 0 Å². The van der Waals surface area contributed by atoms with Gasteiger partial charge in [-0.15, -0.1) is 12.4 Å². The number of nitrogens with zero attached hydrogens (tertiary/aromatic N) is 1. The third-order valence-corrected chi connectivity index (χ3v) is 3.59. The van der Waals surface area contributed by atoms with Gasteiger partial charge in [0.2, 0.25) is 0 Å². The fourth-order valence-corrected chi connectivity index (χ4v) is 2.38. The quantitative estimate of drug-likeness (QED) is 0.632. The second kappa shape index (κ2) is 9.15. The molecule has 0 atom stereocenters. The normalized spacial score (nSPS) is 10.4. The lowest BCUT2D eigenvalue weighted by Crippen LogP contribution is -2.27. The summed E-state index contributed by atoms with van der Waals surface area (Å²) in [5.74, 6) is -0.678. The van der Waals surface area contributed by atoms with Crippen LogP contribution >= 0.6 is 12.4 Å². The third-order valence-electron chi connectivity index (χ3n) is 3.59. The lowest BCUT2D eigenvalue weighted by Gasteiger charge is -2.05. The van der Waals surface area contributed by atoms with Crippen molar-refractivity contribution in [3.05, 3.63) is 65.9 Å². The zero-order valence-electron chi connectivity index (χ0n) is 13.5. The molecule has 0 aliphatic heterocycles. The molecule has 2 N–H and O–H groups in total. The maximum absolute atomic E-state index is 13.6. The fourth-order valence-electron chi connectivity index (χ4n) is 2.38. The lowest BCUT2D eigenvalue weighted by atomic mass is 10.2. The van der Waals surface area contributed by atoms with Crippen LogP contribution in [0.15, 0.2) is 53.2 Å². The van der Waals surface area contributed by atoms with Crippen molar-refractivity contribution in [1.82, 2.24) is 15.6 Å². The highest BCUT2D eigenvalue weighted by molar-refractivity contribution is 5.96. The van der Waals surface area contributed by atoms with E-state index in [4.69, 9.17) is 4.42 Å². The zero-order chi connectivity index (χ0) is 16.8. The van der Waals surface area contributed by atoms with Crippen LogP contribution in [0.2, 0.25) is 0 Å². The largest absolute Gasteiger partial charge is 0.448 e. The minimum absolute atomic E-state index is 0. The highest BCUT2D eigenvalue weighted by atomic mass is 35.5. The highest BCUT2D eigenvalue weighted by Gasteiger charge is 2.13. The van der Waals surface area contributed by atoms with Gasteiger partial charge in [0, 0.05) is 30.9 Å². The molecule has 3 rings (SSSR count). The second-order valence-corrected chi connectivity index (χ2v) is 5.42. The Morgan fingerprint density at radius 2 is 2.08 bits per heavy atom. The Morgan fingerprint density at radius 1 is 1.20 bits per heavy atom. The number of furan rings is 1. The first-order valence-corrected chi connectivity index (χ1v) is 7.80. The van der Waals surface area contributed by atoms with Gasteiger partial charge in [0.15, 0.2) is 17.2 Å². The number of aromatic nitrogens is 1. The monoisotopic (exact) mass is 363 g/mol. The highest BCUT2D eigenvalue weighted by Crippen LogP contribution is 2.21. The van der Waals surface area contributed by atoms with Gasteiger partial charge in [0.25, 0.3) is 5.91 Å². The van der Waals surface area contributed by atoms with E-state index in [-0.39, 0.29) is 29.7 Å². The van der Waals surface area contributed by atoms with Gasteiger partial charge < -0.3 is 15.1 Å². The molecule has 132 valence electrons. The van der Waals surface area contributed by atoms with Crippen molar-refractivity contribution in [3.63, 3.8) is 0 Å². The van der Waals surface area contributed by atoms with E-state index in [9.17, 15) is 9.18 Å². The number of fused-ring (bicyclic) bond motifs is 1. The van der Waals surface area contributed by atoms with Gasteiger partial charge in [0.1, 0.15) is 0 Å². The van der Waals surface area contributed by atoms with E-state index in [0.717, 1.165) is 25.1 Å². The first kappa shape index (κ1) is 18.9. The molecule has 0 saturated carbocycles. The first-order valence-electron chi connectivity index (χ1n) is 7.80. The summed E-state index contributed by atoms with van der Waals surface area (Å²) < 4.78 is 18.8. The van der Waals surface area contributed by atoms with E-state index in [1.165, 1.54) is 6.07 Å². The van der Waals surface area contributed by atoms with Gasteiger partial charge in [-0.05, 0) is 36.7 Å². The molecule has 0 unspecified atom stereocenters. The standard InChI is InChI=1S/C18H18FN3O2.ClH/c19-15-6-1-5-14-10-16(24-17(14)15)18(23)22-9-3-8-21-12-13-4-2-7-20-11-13;/h1-2,4-7,10-11,21H,3,8-9,12H2,(H,22,23);1H. The molecule has 0 bridgehead atoms. The van der Waals surface area contributed by atoms with Crippen LogP contribution in [0.25, 0.3) is 11.0 Å². The summed E-state index contributed by atoms with van der Waals surface area (Å²) in [6.07, 6.45) is 4.33. The van der Waals surface area contributed by atoms with Crippen molar-refractivity contribution >= 4 is 29.3 Å². The smallest absolute Gasteiger partial charge is 0.287 e. The number of para-hydroxylation sites is 1. The molecule has 25 heavy (non-hydrogen) atoms. The van der Waals surface area contributed by atoms with E-state index in [1.807, 2.05) is 18.3 Å². The maximum Gasteiger partial charge on any atom is 0.287 e. The van der Waals surface area contributed by atoms with Gasteiger partial charge in [-0.2, -0.15) is 0 Å². The molecule has 1 amide bonds. The number of pyridine rings is 1. The summed E-state index contributed by atoms with van der Waals surface area (Å²) in [6, 6.07) is 10.1. The molecule has 1 aromatic carbocycles. The van der Waals surface area contributed by atoms with Crippen LogP contribution in [0, 0.1) is 5.82 Å². The van der Waals surface area contributed by atoms with E-state index >= 15 is 0 Å². The van der Waals surface area contributed by atoms with Gasteiger partial charge >= 0.3 is 0 Å². The lowest BCUT2D eigenvalue weighted by molar-refractivity contribution is 0.0927. The molecule has 0 saturated heterocycles. The van der Waals surface area contributed by atoms with Gasteiger partial charge in [-0.1, -0.05) is 18.2 Å². The topological polar surface area (TPSA) is 67.2 Å². The number of carbonyl (C=O) groups is 1. The van der Waals surface area contributed by atoms with E-state index < -0.39 is 5.82 Å². The summed E-state index contributed by atoms with van der Waals surface area (Å²) in [5.41, 5.74) is 1.23. The number of amides is 1. The molecule has 0 aliphatic carbocycles. The van der Waals surface area contributed by atoms with Gasteiger partial charge in [-0.3, -0.25) is 9.78 Å². The summed E-state index contributed by atoms with van der Waals surface area (Å²) in [5, 5.41) is 6.63. The Bertz CT molecular complexity index is 824. The van der Waals surface area contributed by atoms with E-state index in [0.29, 0.717) is 11.9 Å². The number of carbonyl (C=O) groups excluding carboxylic acids is 1. The first-order chi connectivity index (χ1) is 11.7. The summed E-state index contributed by atoms with van der Waals surface area (Å²) in [7, 11) is 0. The van der Waals surface area contributed by atoms with Crippen LogP contribution in [0.3, 0.4) is 0 Å². The fraction of sp³-hybridized carbons (Fsp3) is 0.222. The Kier molecular flexibility index (Phi) is 6.91. The molecule has 0 fully saturated rings. The summed E-state index contributed by atoms with van der Waals surface area (Å²) >= 11 is 0. The predicted octanol–water partition coefficient (Wildman–Crippen LogP) is 3.30. The molecular formula is C18H19ClFN3O2. The number of benzene rings is 1. The van der Waals surface area contributed by atoms with Crippen LogP contribution in [0.4, 0.5) is 4.39 Å². The van der Waals surface area contributed by atoms with Crippen molar-refractivity contribution in [2.75, 3.05) is 13.1 Å². The Morgan fingerprint density at radius 3 is 2.84 bits per heavy atom.